The molecular weight excluding hydrogens is 510 g/mol. The van der Waals surface area contributed by atoms with Gasteiger partial charge in [-0.2, -0.15) is 43.9 Å². The summed E-state index contributed by atoms with van der Waals surface area (Å²) in [5, 5.41) is 20.4. The van der Waals surface area contributed by atoms with Crippen LogP contribution in [0.4, 0.5) is 43.9 Å². The van der Waals surface area contributed by atoms with Gasteiger partial charge in [0, 0.05) is 22.3 Å². The number of phenolic OH excluding ortho intramolecular Hbond substituents is 2. The van der Waals surface area contributed by atoms with Crippen molar-refractivity contribution in [2.45, 2.75) is 24.2 Å². The molecule has 36 heavy (non-hydrogen) atoms. The summed E-state index contributed by atoms with van der Waals surface area (Å²) >= 11 is 0. The summed E-state index contributed by atoms with van der Waals surface area (Å²) in [5.74, 6) is -11.5. The van der Waals surface area contributed by atoms with Crippen LogP contribution in [-0.2, 0) is 11.8 Å². The fraction of sp³-hybridized carbons (Fsp3) is 0.167. The maximum atomic E-state index is 13.8. The maximum absolute atomic E-state index is 13.8. The first kappa shape index (κ1) is 25.4. The Morgan fingerprint density at radius 1 is 0.444 bits per heavy atom. The molecule has 0 spiro atoms. The maximum Gasteiger partial charge on any atom is 0.458 e. The number of hydrogen-bond donors (Lipinski definition) is 2. The lowest BCUT2D eigenvalue weighted by atomic mass is 9.90. The Hall–Kier alpha value is -3.70. The Morgan fingerprint density at radius 2 is 0.778 bits per heavy atom. The van der Waals surface area contributed by atoms with Crippen LogP contribution < -0.4 is 0 Å². The molecule has 0 aromatic heterocycles. The summed E-state index contributed by atoms with van der Waals surface area (Å²) in [7, 11) is 0. The van der Waals surface area contributed by atoms with Crippen LogP contribution in [0.1, 0.15) is 11.1 Å². The highest BCUT2D eigenvalue weighted by atomic mass is 19.4. The lowest BCUT2D eigenvalue weighted by Crippen LogP contribution is -2.33. The highest BCUT2D eigenvalue weighted by molar-refractivity contribution is 6.09. The summed E-state index contributed by atoms with van der Waals surface area (Å²) < 4.78 is 132. The minimum absolute atomic E-state index is 0.0933. The van der Waals surface area contributed by atoms with Crippen LogP contribution in [0, 0.1) is 0 Å². The Labute approximate surface area is 195 Å². The minimum Gasteiger partial charge on any atom is -0.507 e. The second-order valence-corrected chi connectivity index (χ2v) is 7.94. The molecule has 0 bridgehead atoms. The molecule has 4 rings (SSSR count). The molecule has 190 valence electrons. The molecule has 12 heteroatoms. The fourth-order valence-corrected chi connectivity index (χ4v) is 3.88. The van der Waals surface area contributed by atoms with E-state index in [-0.39, 0.29) is 32.7 Å². The van der Waals surface area contributed by atoms with Gasteiger partial charge in [0.05, 0.1) is 0 Å². The van der Waals surface area contributed by atoms with Crippen LogP contribution in [-0.4, -0.2) is 22.6 Å². The van der Waals surface area contributed by atoms with E-state index < -0.39 is 46.8 Å². The summed E-state index contributed by atoms with van der Waals surface area (Å²) in [6, 6.07) is 7.74. The number of alkyl halides is 10. The van der Waals surface area contributed by atoms with E-state index in [4.69, 9.17) is 0 Å². The molecule has 0 aliphatic rings. The molecule has 4 aromatic carbocycles. The van der Waals surface area contributed by atoms with Gasteiger partial charge >= 0.3 is 24.2 Å². The first-order valence-corrected chi connectivity index (χ1v) is 9.88. The number of rotatable bonds is 3. The van der Waals surface area contributed by atoms with Crippen molar-refractivity contribution in [3.8, 4) is 22.6 Å². The normalized spacial score (nSPS) is 13.5. The third kappa shape index (κ3) is 3.84. The number of benzene rings is 4. The predicted molar refractivity (Wildman–Crippen MR) is 110 cm³/mol. The molecule has 0 fully saturated rings. The topological polar surface area (TPSA) is 40.5 Å². The molecule has 0 aliphatic carbocycles. The van der Waals surface area contributed by atoms with Crippen molar-refractivity contribution in [1.82, 2.24) is 0 Å². The van der Waals surface area contributed by atoms with E-state index in [2.05, 4.69) is 0 Å². The average molecular weight is 522 g/mol. The molecule has 0 saturated carbocycles. The Bertz CT molecular complexity index is 1370. The van der Waals surface area contributed by atoms with E-state index in [1.165, 1.54) is 0 Å². The zero-order valence-corrected chi connectivity index (χ0v) is 17.4. The number of aromatic hydroxyl groups is 2. The van der Waals surface area contributed by atoms with Crippen molar-refractivity contribution in [3.63, 3.8) is 0 Å². The van der Waals surface area contributed by atoms with Gasteiger partial charge in [-0.15, -0.1) is 0 Å². The summed E-state index contributed by atoms with van der Waals surface area (Å²) in [6.45, 7) is 0. The monoisotopic (exact) mass is 522 g/mol. The summed E-state index contributed by atoms with van der Waals surface area (Å²) in [5.41, 5.74) is -3.29. The molecule has 0 saturated heterocycles. The average Bonchev–Trinajstić information content (AvgIpc) is 2.77. The van der Waals surface area contributed by atoms with Crippen LogP contribution in [0.15, 0.2) is 60.7 Å². The van der Waals surface area contributed by atoms with E-state index in [1.54, 1.807) is 0 Å². The summed E-state index contributed by atoms with van der Waals surface area (Å²) in [6.07, 6.45) is -11.8. The minimum atomic E-state index is -5.88. The zero-order valence-electron chi connectivity index (χ0n) is 17.4. The fourth-order valence-electron chi connectivity index (χ4n) is 3.88. The molecule has 4 aromatic rings. The van der Waals surface area contributed by atoms with Gasteiger partial charge in [0.15, 0.2) is 0 Å². The van der Waals surface area contributed by atoms with Crippen molar-refractivity contribution in [1.29, 1.82) is 0 Å². The molecule has 2 N–H and O–H groups in total. The first-order valence-electron chi connectivity index (χ1n) is 9.88. The number of phenols is 2. The number of fused-ring (bicyclic) bond motifs is 2. The molecule has 0 radical (unpaired) electrons. The van der Waals surface area contributed by atoms with Crippen molar-refractivity contribution < 1.29 is 54.1 Å². The van der Waals surface area contributed by atoms with Gasteiger partial charge in [-0.05, 0) is 45.8 Å². The van der Waals surface area contributed by atoms with Gasteiger partial charge in [-0.25, -0.2) is 0 Å². The van der Waals surface area contributed by atoms with E-state index in [9.17, 15) is 54.1 Å². The van der Waals surface area contributed by atoms with Crippen LogP contribution in [0.25, 0.3) is 32.7 Å². The highest BCUT2D eigenvalue weighted by Crippen LogP contribution is 2.49. The van der Waals surface area contributed by atoms with Crippen molar-refractivity contribution >= 4 is 21.5 Å². The van der Waals surface area contributed by atoms with E-state index in [0.29, 0.717) is 24.3 Å². The molecule has 0 amide bonds. The second kappa shape index (κ2) is 7.90. The summed E-state index contributed by atoms with van der Waals surface area (Å²) in [4.78, 5) is 0. The standard InChI is InChI=1S/C24H12F10O2/c25-21(26,23(29,30)31)13-3-5-15-11(9-13)1-7-17(35)19(15)20-16-6-4-14(22(27,28)24(32,33)34)10-12(16)2-8-18(20)36/h1-10,35-36H. The Morgan fingerprint density at radius 3 is 1.08 bits per heavy atom. The first-order chi connectivity index (χ1) is 16.5. The quantitative estimate of drug-likeness (QED) is 0.266. The molecule has 0 aliphatic heterocycles. The van der Waals surface area contributed by atoms with Gasteiger partial charge < -0.3 is 10.2 Å². The van der Waals surface area contributed by atoms with Crippen LogP contribution in [0.5, 0.6) is 11.5 Å². The molecular formula is C24H12F10O2. The van der Waals surface area contributed by atoms with Gasteiger partial charge in [0.2, 0.25) is 0 Å². The van der Waals surface area contributed by atoms with Crippen molar-refractivity contribution in [2.24, 2.45) is 0 Å². The zero-order chi connectivity index (χ0) is 26.8. The van der Waals surface area contributed by atoms with Gasteiger partial charge in [-0.1, -0.05) is 36.4 Å². The van der Waals surface area contributed by atoms with Crippen molar-refractivity contribution in [3.05, 3.63) is 71.8 Å². The second-order valence-electron chi connectivity index (χ2n) is 7.94. The smallest absolute Gasteiger partial charge is 0.458 e. The lowest BCUT2D eigenvalue weighted by molar-refractivity contribution is -0.289. The van der Waals surface area contributed by atoms with E-state index >= 15 is 0 Å². The lowest BCUT2D eigenvalue weighted by Gasteiger charge is -2.21. The predicted octanol–water partition coefficient (Wildman–Crippen LogP) is 8.38. The third-order valence-electron chi connectivity index (χ3n) is 5.68. The largest absolute Gasteiger partial charge is 0.507 e. The Kier molecular flexibility index (Phi) is 5.57. The molecule has 0 unspecified atom stereocenters. The van der Waals surface area contributed by atoms with Crippen LogP contribution >= 0.6 is 0 Å². The highest BCUT2D eigenvalue weighted by Gasteiger charge is 2.59. The number of hydrogen-bond acceptors (Lipinski definition) is 2. The van der Waals surface area contributed by atoms with Gasteiger partial charge in [0.25, 0.3) is 0 Å². The van der Waals surface area contributed by atoms with Crippen LogP contribution in [0.3, 0.4) is 0 Å². The van der Waals surface area contributed by atoms with E-state index in [1.807, 2.05) is 0 Å². The Balaban J connectivity index is 1.98. The third-order valence-corrected chi connectivity index (χ3v) is 5.68. The van der Waals surface area contributed by atoms with Crippen molar-refractivity contribution in [2.75, 3.05) is 0 Å². The van der Waals surface area contributed by atoms with Gasteiger partial charge in [-0.3, -0.25) is 0 Å². The number of halogens is 10. The van der Waals surface area contributed by atoms with Crippen LogP contribution in [0.2, 0.25) is 0 Å². The van der Waals surface area contributed by atoms with E-state index in [0.717, 1.165) is 36.4 Å². The molecule has 0 heterocycles. The SMILES string of the molecule is Oc1ccc2cc(C(F)(F)C(F)(F)F)ccc2c1-c1c(O)ccc2cc(C(F)(F)C(F)(F)F)ccc12. The van der Waals surface area contributed by atoms with Gasteiger partial charge in [0.1, 0.15) is 11.5 Å². The molecule has 2 nitrogen and oxygen atoms in total. The molecule has 0 atom stereocenters.